The molecular weight excluding hydrogens is 418 g/mol. The summed E-state index contributed by atoms with van der Waals surface area (Å²) in [6.07, 6.45) is 3.86. The lowest BCUT2D eigenvalue weighted by atomic mass is 9.81. The predicted octanol–water partition coefficient (Wildman–Crippen LogP) is 1.78. The molecule has 8 nitrogen and oxygen atoms in total. The van der Waals surface area contributed by atoms with Crippen molar-refractivity contribution in [2.75, 3.05) is 31.1 Å². The van der Waals surface area contributed by atoms with E-state index < -0.39 is 10.0 Å². The summed E-state index contributed by atoms with van der Waals surface area (Å²) in [5, 5.41) is 0. The van der Waals surface area contributed by atoms with E-state index >= 15 is 0 Å². The zero-order valence-corrected chi connectivity index (χ0v) is 18.9. The number of hydrogen-bond acceptors (Lipinski definition) is 5. The largest absolute Gasteiger partial charge is 0.310 e. The minimum atomic E-state index is -3.57. The van der Waals surface area contributed by atoms with Gasteiger partial charge in [-0.2, -0.15) is 4.31 Å². The molecular formula is C22H29N3O5S. The molecule has 2 aliphatic heterocycles. The number of hydrogen-bond donors (Lipinski definition) is 0. The highest BCUT2D eigenvalue weighted by Gasteiger charge is 2.49. The van der Waals surface area contributed by atoms with Crippen molar-refractivity contribution in [1.82, 2.24) is 9.21 Å². The maximum absolute atomic E-state index is 13.0. The first-order valence-corrected chi connectivity index (χ1v) is 12.5. The van der Waals surface area contributed by atoms with E-state index in [9.17, 15) is 22.8 Å². The molecule has 2 unspecified atom stereocenters. The van der Waals surface area contributed by atoms with Gasteiger partial charge in [-0.1, -0.05) is 26.7 Å². The minimum absolute atomic E-state index is 0.219. The Labute approximate surface area is 183 Å². The monoisotopic (exact) mass is 447 g/mol. The molecule has 1 aliphatic carbocycles. The quantitative estimate of drug-likeness (QED) is 0.620. The van der Waals surface area contributed by atoms with Gasteiger partial charge in [0.2, 0.25) is 27.7 Å². The van der Waals surface area contributed by atoms with Crippen molar-refractivity contribution < 1.29 is 22.8 Å². The van der Waals surface area contributed by atoms with Gasteiger partial charge >= 0.3 is 0 Å². The first-order valence-electron chi connectivity index (χ1n) is 11.1. The van der Waals surface area contributed by atoms with Gasteiger partial charge in [0, 0.05) is 25.3 Å². The summed E-state index contributed by atoms with van der Waals surface area (Å²) in [4.78, 5) is 41.3. The van der Waals surface area contributed by atoms with E-state index in [1.807, 2.05) is 0 Å². The highest BCUT2D eigenvalue weighted by atomic mass is 32.2. The van der Waals surface area contributed by atoms with Gasteiger partial charge in [0.05, 0.1) is 16.7 Å². The summed E-state index contributed by atoms with van der Waals surface area (Å²) < 4.78 is 27.0. The van der Waals surface area contributed by atoms with Crippen molar-refractivity contribution in [3.63, 3.8) is 0 Å². The molecule has 3 amide bonds. The number of rotatable bonds is 6. The van der Waals surface area contributed by atoms with E-state index in [-0.39, 0.29) is 41.0 Å². The van der Waals surface area contributed by atoms with E-state index in [1.165, 1.54) is 10.4 Å². The molecule has 0 N–H and O–H groups in total. The molecule has 1 aromatic carbocycles. The highest BCUT2D eigenvalue weighted by Crippen LogP contribution is 2.38. The van der Waals surface area contributed by atoms with Gasteiger partial charge in [-0.25, -0.2) is 8.42 Å². The average molecular weight is 448 g/mol. The molecule has 4 rings (SSSR count). The van der Waals surface area contributed by atoms with Crippen molar-refractivity contribution >= 4 is 33.4 Å². The number of imide groups is 1. The Morgan fingerprint density at radius 3 is 2.26 bits per heavy atom. The summed E-state index contributed by atoms with van der Waals surface area (Å²) in [6, 6.07) is 4.82. The van der Waals surface area contributed by atoms with Gasteiger partial charge in [0.1, 0.15) is 6.54 Å². The Bertz CT molecular complexity index is 994. The summed E-state index contributed by atoms with van der Waals surface area (Å²) in [5.74, 6) is -1.29. The lowest BCUT2D eigenvalue weighted by Crippen LogP contribution is -2.42. The van der Waals surface area contributed by atoms with Crippen LogP contribution >= 0.6 is 0 Å². The number of nitrogens with zero attached hydrogens (tertiary/aromatic N) is 3. The van der Waals surface area contributed by atoms with Crippen molar-refractivity contribution in [3.05, 3.63) is 23.8 Å². The number of amides is 3. The standard InChI is InChI=1S/C22H29N3O5S/c1-3-23(4-2)31(29,30)16-9-10-19-15(13-16)11-12-24(19)20(26)14-25-21(27)17-7-5-6-8-18(17)22(25)28/h9-10,13,17-18H,3-8,11-12,14H2,1-2H3. The molecule has 1 aromatic rings. The number of sulfonamides is 1. The van der Waals surface area contributed by atoms with Crippen LogP contribution in [-0.4, -0.2) is 61.5 Å². The third-order valence-electron chi connectivity index (χ3n) is 6.82. The Kier molecular flexibility index (Phi) is 5.91. The predicted molar refractivity (Wildman–Crippen MR) is 115 cm³/mol. The molecule has 0 bridgehead atoms. The van der Waals surface area contributed by atoms with Crippen molar-refractivity contribution in [3.8, 4) is 0 Å². The smallest absolute Gasteiger partial charge is 0.247 e. The van der Waals surface area contributed by atoms with Crippen molar-refractivity contribution in [1.29, 1.82) is 0 Å². The molecule has 2 fully saturated rings. The number of likely N-dealkylation sites (tertiary alicyclic amines) is 1. The van der Waals surface area contributed by atoms with Crippen LogP contribution in [0.3, 0.4) is 0 Å². The second kappa shape index (κ2) is 8.35. The summed E-state index contributed by atoms with van der Waals surface area (Å²) in [5.41, 5.74) is 1.44. The molecule has 31 heavy (non-hydrogen) atoms. The summed E-state index contributed by atoms with van der Waals surface area (Å²) >= 11 is 0. The van der Waals surface area contributed by atoms with Crippen LogP contribution in [-0.2, 0) is 30.8 Å². The van der Waals surface area contributed by atoms with Gasteiger partial charge in [-0.15, -0.1) is 0 Å². The molecule has 1 saturated carbocycles. The van der Waals surface area contributed by atoms with Crippen LogP contribution in [0, 0.1) is 11.8 Å². The summed E-state index contributed by atoms with van der Waals surface area (Å²) in [6.45, 7) is 4.54. The zero-order chi connectivity index (χ0) is 22.3. The fourth-order valence-corrected chi connectivity index (χ4v) is 6.63. The molecule has 0 aromatic heterocycles. The molecule has 0 spiro atoms. The fourth-order valence-electron chi connectivity index (χ4n) is 5.12. The lowest BCUT2D eigenvalue weighted by molar-refractivity contribution is -0.143. The van der Waals surface area contributed by atoms with Crippen LogP contribution in [0.4, 0.5) is 5.69 Å². The van der Waals surface area contributed by atoms with Crippen LogP contribution < -0.4 is 4.90 Å². The van der Waals surface area contributed by atoms with Gasteiger partial charge in [0.25, 0.3) is 0 Å². The topological polar surface area (TPSA) is 95.1 Å². The Balaban J connectivity index is 1.51. The van der Waals surface area contributed by atoms with Crippen LogP contribution in [0.5, 0.6) is 0 Å². The van der Waals surface area contributed by atoms with E-state index in [2.05, 4.69) is 0 Å². The molecule has 9 heteroatoms. The maximum atomic E-state index is 13.0. The Morgan fingerprint density at radius 1 is 1.06 bits per heavy atom. The van der Waals surface area contributed by atoms with E-state index in [0.717, 1.165) is 36.1 Å². The number of fused-ring (bicyclic) bond motifs is 2. The maximum Gasteiger partial charge on any atom is 0.247 e. The Hall–Kier alpha value is -2.26. The fraction of sp³-hybridized carbons (Fsp3) is 0.591. The molecule has 1 saturated heterocycles. The number of carbonyl (C=O) groups excluding carboxylic acids is 3. The van der Waals surface area contributed by atoms with Gasteiger partial charge in [0.15, 0.2) is 0 Å². The second-order valence-corrected chi connectivity index (χ2v) is 10.4. The molecule has 2 heterocycles. The molecule has 168 valence electrons. The Morgan fingerprint density at radius 2 is 1.68 bits per heavy atom. The summed E-state index contributed by atoms with van der Waals surface area (Å²) in [7, 11) is -3.57. The third kappa shape index (κ3) is 3.67. The normalized spacial score (nSPS) is 23.5. The van der Waals surface area contributed by atoms with E-state index in [4.69, 9.17) is 0 Å². The van der Waals surface area contributed by atoms with E-state index in [0.29, 0.717) is 31.7 Å². The SMILES string of the molecule is CCN(CC)S(=O)(=O)c1ccc2c(c1)CCN2C(=O)CN1C(=O)C2CCCCC2C1=O. The van der Waals surface area contributed by atoms with Gasteiger partial charge in [-0.3, -0.25) is 19.3 Å². The number of carbonyl (C=O) groups is 3. The molecule has 0 radical (unpaired) electrons. The number of anilines is 1. The third-order valence-corrected chi connectivity index (χ3v) is 8.86. The van der Waals surface area contributed by atoms with Gasteiger partial charge in [-0.05, 0) is 43.0 Å². The van der Waals surface area contributed by atoms with Crippen LogP contribution in [0.1, 0.15) is 45.1 Å². The lowest BCUT2D eigenvalue weighted by Gasteiger charge is -2.22. The van der Waals surface area contributed by atoms with Crippen molar-refractivity contribution in [2.45, 2.75) is 50.8 Å². The number of benzene rings is 1. The van der Waals surface area contributed by atoms with Crippen molar-refractivity contribution in [2.24, 2.45) is 11.8 Å². The minimum Gasteiger partial charge on any atom is -0.310 e. The first kappa shape index (κ1) is 22.0. The van der Waals surface area contributed by atoms with E-state index in [1.54, 1.807) is 30.9 Å². The van der Waals surface area contributed by atoms with Gasteiger partial charge < -0.3 is 4.90 Å². The van der Waals surface area contributed by atoms with Crippen LogP contribution in [0.2, 0.25) is 0 Å². The molecule has 3 aliphatic rings. The first-order chi connectivity index (χ1) is 14.8. The highest BCUT2D eigenvalue weighted by molar-refractivity contribution is 7.89. The van der Waals surface area contributed by atoms with Crippen LogP contribution in [0.25, 0.3) is 0 Å². The zero-order valence-electron chi connectivity index (χ0n) is 18.0. The molecule has 2 atom stereocenters. The van der Waals surface area contributed by atoms with Crippen LogP contribution in [0.15, 0.2) is 23.1 Å². The average Bonchev–Trinajstić information content (AvgIpc) is 3.29. The second-order valence-electron chi connectivity index (χ2n) is 8.44.